The summed E-state index contributed by atoms with van der Waals surface area (Å²) in [6.07, 6.45) is 3.99. The number of hydrogen-bond acceptors (Lipinski definition) is 4. The number of rotatable bonds is 5. The summed E-state index contributed by atoms with van der Waals surface area (Å²) in [6, 6.07) is 3.75. The molecule has 1 atom stereocenters. The van der Waals surface area contributed by atoms with Crippen LogP contribution in [0.1, 0.15) is 23.8 Å². The monoisotopic (exact) mass is 294 g/mol. The van der Waals surface area contributed by atoms with Crippen molar-refractivity contribution >= 4 is 17.4 Å². The van der Waals surface area contributed by atoms with Crippen LogP contribution in [-0.2, 0) is 0 Å². The van der Waals surface area contributed by atoms with Crippen molar-refractivity contribution in [2.75, 3.05) is 0 Å². The Morgan fingerprint density at radius 3 is 2.85 bits per heavy atom. The van der Waals surface area contributed by atoms with Gasteiger partial charge >= 0.3 is 0 Å². The Hall–Kier alpha value is -2.01. The number of carbonyl (C=O) groups excluding carboxylic acids is 1. The fraction of sp³-hybridized carbons (Fsp3) is 0.214. The first-order valence-corrected chi connectivity index (χ1v) is 6.41. The molecular formula is C14H12ClFN2O2. The minimum absolute atomic E-state index is 0.121. The highest BCUT2D eigenvalue weighted by Gasteiger charge is 2.22. The lowest BCUT2D eigenvalue weighted by Crippen LogP contribution is -2.27. The first kappa shape index (κ1) is 14.4. The zero-order chi connectivity index (χ0) is 14.5. The van der Waals surface area contributed by atoms with Gasteiger partial charge in [-0.1, -0.05) is 18.5 Å². The van der Waals surface area contributed by atoms with Crippen molar-refractivity contribution in [1.82, 2.24) is 9.97 Å². The molecule has 0 bridgehead atoms. The third kappa shape index (κ3) is 3.30. The van der Waals surface area contributed by atoms with E-state index >= 15 is 0 Å². The van der Waals surface area contributed by atoms with E-state index in [9.17, 15) is 9.18 Å². The third-order valence-electron chi connectivity index (χ3n) is 2.64. The van der Waals surface area contributed by atoms with Gasteiger partial charge in [0.2, 0.25) is 5.78 Å². The number of halogens is 2. The lowest BCUT2D eigenvalue weighted by molar-refractivity contribution is 0.0781. The summed E-state index contributed by atoms with van der Waals surface area (Å²) in [4.78, 5) is 20.0. The summed E-state index contributed by atoms with van der Waals surface area (Å²) in [5.41, 5.74) is 0.220. The lowest BCUT2D eigenvalue weighted by Gasteiger charge is -2.16. The van der Waals surface area contributed by atoms with Crippen LogP contribution in [0.4, 0.5) is 4.39 Å². The van der Waals surface area contributed by atoms with Gasteiger partial charge in [-0.15, -0.1) is 0 Å². The van der Waals surface area contributed by atoms with Gasteiger partial charge in [-0.3, -0.25) is 9.78 Å². The summed E-state index contributed by atoms with van der Waals surface area (Å²) in [5, 5.41) is 0.121. The molecule has 2 rings (SSSR count). The highest BCUT2D eigenvalue weighted by Crippen LogP contribution is 2.26. The predicted molar refractivity (Wildman–Crippen MR) is 72.5 cm³/mol. The molecule has 0 saturated heterocycles. The second kappa shape index (κ2) is 6.43. The Morgan fingerprint density at radius 2 is 2.25 bits per heavy atom. The molecule has 1 unspecified atom stereocenters. The van der Waals surface area contributed by atoms with E-state index in [-0.39, 0.29) is 22.2 Å². The van der Waals surface area contributed by atoms with Crippen LogP contribution < -0.4 is 4.74 Å². The largest absolute Gasteiger partial charge is 0.481 e. The van der Waals surface area contributed by atoms with E-state index in [1.807, 2.05) is 0 Å². The average molecular weight is 295 g/mol. The molecule has 0 aliphatic carbocycles. The summed E-state index contributed by atoms with van der Waals surface area (Å²) in [5.74, 6) is -0.492. The number of aromatic nitrogens is 2. The predicted octanol–water partition coefficient (Wildman–Crippen LogP) is 3.31. The molecule has 0 saturated carbocycles. The smallest absolute Gasteiger partial charge is 0.223 e. The van der Waals surface area contributed by atoms with Gasteiger partial charge in [0.15, 0.2) is 6.10 Å². The van der Waals surface area contributed by atoms with Crippen molar-refractivity contribution in [3.8, 4) is 5.75 Å². The molecule has 0 N–H and O–H groups in total. The quantitative estimate of drug-likeness (QED) is 0.794. The molecule has 0 amide bonds. The van der Waals surface area contributed by atoms with Gasteiger partial charge in [0, 0.05) is 12.4 Å². The molecular weight excluding hydrogens is 283 g/mol. The van der Waals surface area contributed by atoms with Crippen LogP contribution in [0.2, 0.25) is 5.02 Å². The molecule has 0 aliphatic rings. The van der Waals surface area contributed by atoms with Gasteiger partial charge in [0.1, 0.15) is 17.3 Å². The molecule has 104 valence electrons. The van der Waals surface area contributed by atoms with E-state index in [0.717, 1.165) is 6.07 Å². The molecule has 0 aliphatic heterocycles. The number of carbonyl (C=O) groups is 1. The van der Waals surface area contributed by atoms with E-state index in [2.05, 4.69) is 9.97 Å². The Labute approximate surface area is 120 Å². The Bertz CT molecular complexity index is 607. The second-order valence-electron chi connectivity index (χ2n) is 4.04. The summed E-state index contributed by atoms with van der Waals surface area (Å²) in [7, 11) is 0. The molecule has 4 nitrogen and oxygen atoms in total. The lowest BCUT2D eigenvalue weighted by atomic mass is 10.1. The molecule has 2 aromatic rings. The van der Waals surface area contributed by atoms with Gasteiger partial charge in [0.05, 0.1) is 11.2 Å². The number of nitrogens with zero attached hydrogens (tertiary/aromatic N) is 2. The number of ether oxygens (including phenoxy) is 1. The maximum absolute atomic E-state index is 13.0. The van der Waals surface area contributed by atoms with Gasteiger partial charge in [-0.25, -0.2) is 9.37 Å². The Kier molecular flexibility index (Phi) is 4.63. The SMILES string of the molecule is CCC(Oc1ccc(F)cc1Cl)C(=O)c1cnccn1. The molecule has 0 radical (unpaired) electrons. The first-order valence-electron chi connectivity index (χ1n) is 6.03. The van der Waals surface area contributed by atoms with Crippen molar-refractivity contribution in [1.29, 1.82) is 0 Å². The van der Waals surface area contributed by atoms with E-state index in [4.69, 9.17) is 16.3 Å². The number of hydrogen-bond donors (Lipinski definition) is 0. The molecule has 1 aromatic heterocycles. The van der Waals surface area contributed by atoms with Crippen molar-refractivity contribution in [2.45, 2.75) is 19.4 Å². The summed E-state index contributed by atoms with van der Waals surface area (Å²) < 4.78 is 18.5. The number of benzene rings is 1. The molecule has 0 spiro atoms. The highest BCUT2D eigenvalue weighted by atomic mass is 35.5. The summed E-state index contributed by atoms with van der Waals surface area (Å²) in [6.45, 7) is 1.80. The standard InChI is InChI=1S/C14H12ClFN2O2/c1-2-12(14(19)11-8-17-5-6-18-11)20-13-4-3-9(16)7-10(13)15/h3-8,12H,2H2,1H3. The number of Topliss-reactive ketones (excluding diaryl/α,β-unsaturated/α-hetero) is 1. The zero-order valence-electron chi connectivity index (χ0n) is 10.7. The third-order valence-corrected chi connectivity index (χ3v) is 2.94. The van der Waals surface area contributed by atoms with E-state index in [0.29, 0.717) is 6.42 Å². The van der Waals surface area contributed by atoms with E-state index in [1.54, 1.807) is 6.92 Å². The molecule has 20 heavy (non-hydrogen) atoms. The van der Waals surface area contributed by atoms with E-state index < -0.39 is 11.9 Å². The Balaban J connectivity index is 2.19. The minimum atomic E-state index is -0.741. The van der Waals surface area contributed by atoms with Crippen LogP contribution in [-0.4, -0.2) is 21.9 Å². The Morgan fingerprint density at radius 1 is 1.45 bits per heavy atom. The first-order chi connectivity index (χ1) is 9.61. The van der Waals surface area contributed by atoms with Crippen molar-refractivity contribution in [3.05, 3.63) is 53.3 Å². The molecule has 1 aromatic carbocycles. The van der Waals surface area contributed by atoms with Crippen LogP contribution in [0.3, 0.4) is 0 Å². The van der Waals surface area contributed by atoms with Gasteiger partial charge < -0.3 is 4.74 Å². The maximum atomic E-state index is 13.0. The van der Waals surface area contributed by atoms with Crippen LogP contribution in [0.5, 0.6) is 5.75 Å². The van der Waals surface area contributed by atoms with Crippen LogP contribution in [0.15, 0.2) is 36.8 Å². The molecule has 6 heteroatoms. The van der Waals surface area contributed by atoms with Crippen LogP contribution in [0.25, 0.3) is 0 Å². The molecule has 0 fully saturated rings. The van der Waals surface area contributed by atoms with Crippen molar-refractivity contribution in [3.63, 3.8) is 0 Å². The van der Waals surface area contributed by atoms with Gasteiger partial charge in [-0.2, -0.15) is 0 Å². The van der Waals surface area contributed by atoms with Crippen molar-refractivity contribution < 1.29 is 13.9 Å². The van der Waals surface area contributed by atoms with Gasteiger partial charge in [-0.05, 0) is 24.6 Å². The van der Waals surface area contributed by atoms with Crippen LogP contribution >= 0.6 is 11.6 Å². The molecule has 1 heterocycles. The average Bonchev–Trinajstić information content (AvgIpc) is 2.47. The van der Waals surface area contributed by atoms with E-state index in [1.165, 1.54) is 30.7 Å². The second-order valence-corrected chi connectivity index (χ2v) is 4.45. The number of ketones is 1. The fourth-order valence-corrected chi connectivity index (χ4v) is 1.85. The minimum Gasteiger partial charge on any atom is -0.481 e. The normalized spacial score (nSPS) is 11.9. The fourth-order valence-electron chi connectivity index (χ4n) is 1.64. The summed E-state index contributed by atoms with van der Waals surface area (Å²) >= 11 is 5.88. The zero-order valence-corrected chi connectivity index (χ0v) is 11.5. The maximum Gasteiger partial charge on any atom is 0.223 e. The van der Waals surface area contributed by atoms with Gasteiger partial charge in [0.25, 0.3) is 0 Å². The van der Waals surface area contributed by atoms with Crippen molar-refractivity contribution in [2.24, 2.45) is 0 Å². The van der Waals surface area contributed by atoms with Crippen LogP contribution in [0, 0.1) is 5.82 Å². The highest BCUT2D eigenvalue weighted by molar-refractivity contribution is 6.32. The topological polar surface area (TPSA) is 52.1 Å².